The van der Waals surface area contributed by atoms with Crippen LogP contribution in [0.4, 0.5) is 0 Å². The van der Waals surface area contributed by atoms with Crippen LogP contribution in [0.25, 0.3) is 0 Å². The van der Waals surface area contributed by atoms with Crippen molar-refractivity contribution in [1.29, 1.82) is 0 Å². The van der Waals surface area contributed by atoms with E-state index in [1.807, 2.05) is 45.7 Å². The third kappa shape index (κ3) is 14.2. The Bertz CT molecular complexity index is 2280. The minimum atomic E-state index is -0.674. The topological polar surface area (TPSA) is 233 Å². The summed E-state index contributed by atoms with van der Waals surface area (Å²) in [4.78, 5) is 82.0. The molecule has 0 radical (unpaired) electrons. The summed E-state index contributed by atoms with van der Waals surface area (Å²) in [7, 11) is 3.98. The van der Waals surface area contributed by atoms with E-state index in [-0.39, 0.29) is 44.1 Å². The lowest BCUT2D eigenvalue weighted by Gasteiger charge is -2.31. The van der Waals surface area contributed by atoms with Crippen molar-refractivity contribution >= 4 is 23.6 Å². The molecule has 0 unspecified atom stereocenters. The van der Waals surface area contributed by atoms with Crippen LogP contribution in [0.3, 0.4) is 0 Å². The number of aromatic nitrogens is 8. The molecular formula is C47H70N14O6. The third-order valence-corrected chi connectivity index (χ3v) is 13.3. The third-order valence-electron chi connectivity index (χ3n) is 13.3. The number of hydrogen-bond donors (Lipinski definition) is 4. The molecule has 2 saturated heterocycles. The Labute approximate surface area is 393 Å². The van der Waals surface area contributed by atoms with E-state index >= 15 is 0 Å². The zero-order valence-electron chi connectivity index (χ0n) is 38.8. The maximum Gasteiger partial charge on any atom is 0.270 e. The largest absolute Gasteiger partial charge is 0.390 e. The molecule has 4 aromatic heterocycles. The number of rotatable bonds is 14. The lowest BCUT2D eigenvalue weighted by Crippen LogP contribution is -2.42. The number of fused-ring (bicyclic) bond motifs is 2. The SMILES string of the molecule is C.CC(=O)N1CCC(Cc2cc(C(=O)NC[C@H](O)CN3CCc4c(ncn4C)C3)ncn2)CC1.CC(=O)N1CCC(Cc2cc(C(=O)NC[C@H](O)CN3CCc4ncn(C)c4C3)ncn2)CC1. The van der Waals surface area contributed by atoms with Gasteiger partial charge < -0.3 is 39.8 Å². The zero-order chi connectivity index (χ0) is 46.7. The van der Waals surface area contributed by atoms with Gasteiger partial charge in [0.05, 0.1) is 41.9 Å². The summed E-state index contributed by atoms with van der Waals surface area (Å²) in [6, 6.07) is 3.46. The molecule has 2 atom stereocenters. The molecule has 4 N–H and O–H groups in total. The minimum absolute atomic E-state index is 0. The Morgan fingerprint density at radius 2 is 1.06 bits per heavy atom. The van der Waals surface area contributed by atoms with Crippen molar-refractivity contribution in [2.45, 2.75) is 97.9 Å². The van der Waals surface area contributed by atoms with Crippen LogP contribution in [-0.2, 0) is 62.5 Å². The molecule has 0 bridgehead atoms. The standard InChI is InChI=1S/2C23H33N7O3.CH4/c1-16(31)30-7-3-17(4-8-30)9-18-10-20(26-14-25-18)23(33)24-11-19(32)12-29-6-5-22-21(13-29)27-15-28(22)2;1-16(31)30-7-3-17(4-8-30)9-18-10-21(26-14-25-18)23(33)24-11-19(32)12-29-6-5-20-22(13-29)28(2)15-27-20;/h2*10,14-15,17,19,32H,3-9,11-13H2,1-2H3,(H,24,33);1H4/t2*19-;/m00./s1. The number of likely N-dealkylation sites (tertiary alicyclic amines) is 2. The Morgan fingerprint density at radius 3 is 1.55 bits per heavy atom. The van der Waals surface area contributed by atoms with Gasteiger partial charge in [-0.25, -0.2) is 29.9 Å². The van der Waals surface area contributed by atoms with E-state index in [1.165, 1.54) is 24.0 Å². The van der Waals surface area contributed by atoms with E-state index in [2.05, 4.69) is 50.3 Å². The molecule has 67 heavy (non-hydrogen) atoms. The number of aliphatic hydroxyl groups excluding tert-OH is 2. The first-order valence-electron chi connectivity index (χ1n) is 23.3. The van der Waals surface area contributed by atoms with Crippen molar-refractivity contribution in [3.63, 3.8) is 0 Å². The number of piperidine rings is 2. The number of carbonyl (C=O) groups excluding carboxylic acids is 4. The molecule has 364 valence electrons. The van der Waals surface area contributed by atoms with Crippen molar-refractivity contribution < 1.29 is 29.4 Å². The number of amides is 4. The lowest BCUT2D eigenvalue weighted by molar-refractivity contribution is -0.131. The average Bonchev–Trinajstić information content (AvgIpc) is 3.88. The quantitative estimate of drug-likeness (QED) is 0.138. The number of nitrogens with zero attached hydrogens (tertiary/aromatic N) is 12. The maximum absolute atomic E-state index is 12.6. The second kappa shape index (κ2) is 23.8. The van der Waals surface area contributed by atoms with Gasteiger partial charge in [0, 0.05) is 136 Å². The summed E-state index contributed by atoms with van der Waals surface area (Å²) >= 11 is 0. The smallest absolute Gasteiger partial charge is 0.270 e. The van der Waals surface area contributed by atoms with Crippen LogP contribution in [0.15, 0.2) is 37.4 Å². The van der Waals surface area contributed by atoms with Crippen LogP contribution in [0.1, 0.15) is 102 Å². The van der Waals surface area contributed by atoms with Gasteiger partial charge in [0.15, 0.2) is 0 Å². The summed E-state index contributed by atoms with van der Waals surface area (Å²) in [6.07, 6.45) is 12.2. The van der Waals surface area contributed by atoms with Gasteiger partial charge in [0.1, 0.15) is 24.0 Å². The molecule has 0 aliphatic carbocycles. The van der Waals surface area contributed by atoms with Gasteiger partial charge in [-0.2, -0.15) is 0 Å². The Kier molecular flexibility index (Phi) is 18.0. The zero-order valence-corrected chi connectivity index (χ0v) is 38.8. The van der Waals surface area contributed by atoms with Gasteiger partial charge >= 0.3 is 0 Å². The average molecular weight is 927 g/mol. The lowest BCUT2D eigenvalue weighted by atomic mass is 9.92. The molecule has 8 heterocycles. The number of carbonyl (C=O) groups is 4. The molecule has 20 heteroatoms. The number of β-amino-alcohol motifs (C(OH)–C–C–N with tert-alkyl or cyclic N) is 2. The highest BCUT2D eigenvalue weighted by atomic mass is 16.3. The molecular weight excluding hydrogens is 857 g/mol. The van der Waals surface area contributed by atoms with Gasteiger partial charge in [-0.05, 0) is 62.5 Å². The number of aryl methyl sites for hydroxylation is 2. The molecule has 8 rings (SSSR count). The molecule has 0 spiro atoms. The highest BCUT2D eigenvalue weighted by molar-refractivity contribution is 5.92. The predicted molar refractivity (Wildman–Crippen MR) is 249 cm³/mol. The van der Waals surface area contributed by atoms with E-state index < -0.39 is 12.2 Å². The van der Waals surface area contributed by atoms with E-state index in [4.69, 9.17) is 0 Å². The molecule has 0 aromatic carbocycles. The van der Waals surface area contributed by atoms with Crippen LogP contribution in [0.5, 0.6) is 0 Å². The summed E-state index contributed by atoms with van der Waals surface area (Å²) in [5.41, 5.74) is 6.89. The molecule has 4 amide bonds. The highest BCUT2D eigenvalue weighted by Gasteiger charge is 2.26. The summed E-state index contributed by atoms with van der Waals surface area (Å²) < 4.78 is 4.07. The summed E-state index contributed by atoms with van der Waals surface area (Å²) in [5.74, 6) is 0.513. The number of imidazole rings is 2. The molecule has 4 aliphatic heterocycles. The van der Waals surface area contributed by atoms with E-state index in [1.54, 1.807) is 26.0 Å². The molecule has 4 aliphatic rings. The summed E-state index contributed by atoms with van der Waals surface area (Å²) in [6.45, 7) is 10.7. The predicted octanol–water partition coefficient (Wildman–Crippen LogP) is 0.956. The normalized spacial score (nSPS) is 17.8. The van der Waals surface area contributed by atoms with Crippen LogP contribution < -0.4 is 10.6 Å². The fourth-order valence-electron chi connectivity index (χ4n) is 9.38. The minimum Gasteiger partial charge on any atom is -0.390 e. The number of hydrogen-bond acceptors (Lipinski definition) is 14. The van der Waals surface area contributed by atoms with Crippen LogP contribution in [0.2, 0.25) is 0 Å². The van der Waals surface area contributed by atoms with E-state index in [9.17, 15) is 29.4 Å². The molecule has 0 saturated carbocycles. The van der Waals surface area contributed by atoms with Crippen LogP contribution >= 0.6 is 0 Å². The number of nitrogens with one attached hydrogen (secondary N) is 2. The fraction of sp³-hybridized carbons (Fsp3) is 0.617. The van der Waals surface area contributed by atoms with Crippen molar-refractivity contribution in [3.05, 3.63) is 83.0 Å². The van der Waals surface area contributed by atoms with Gasteiger partial charge in [0.2, 0.25) is 11.8 Å². The molecule has 20 nitrogen and oxygen atoms in total. The maximum atomic E-state index is 12.6. The fourth-order valence-corrected chi connectivity index (χ4v) is 9.38. The second-order valence-electron chi connectivity index (χ2n) is 18.3. The van der Waals surface area contributed by atoms with Gasteiger partial charge in [0.25, 0.3) is 11.8 Å². The Balaban J connectivity index is 0.000000218. The van der Waals surface area contributed by atoms with Gasteiger partial charge in [-0.1, -0.05) is 7.43 Å². The first-order chi connectivity index (χ1) is 31.8. The highest BCUT2D eigenvalue weighted by Crippen LogP contribution is 2.23. The van der Waals surface area contributed by atoms with Crippen LogP contribution in [-0.4, -0.2) is 170 Å². The second-order valence-corrected chi connectivity index (χ2v) is 18.3. The van der Waals surface area contributed by atoms with Crippen molar-refractivity contribution in [3.8, 4) is 0 Å². The molecule has 4 aromatic rings. The van der Waals surface area contributed by atoms with Crippen molar-refractivity contribution in [2.24, 2.45) is 25.9 Å². The monoisotopic (exact) mass is 927 g/mol. The van der Waals surface area contributed by atoms with Crippen LogP contribution in [0, 0.1) is 11.8 Å². The first kappa shape index (κ1) is 50.7. The van der Waals surface area contributed by atoms with E-state index in [0.717, 1.165) is 120 Å². The van der Waals surface area contributed by atoms with Gasteiger partial charge in [-0.15, -0.1) is 0 Å². The van der Waals surface area contributed by atoms with Crippen molar-refractivity contribution in [2.75, 3.05) is 65.4 Å². The van der Waals surface area contributed by atoms with E-state index in [0.29, 0.717) is 42.9 Å². The Morgan fingerprint density at radius 1 is 0.612 bits per heavy atom. The number of aliphatic hydroxyl groups is 2. The Hall–Kier alpha value is -5.70. The van der Waals surface area contributed by atoms with Gasteiger partial charge in [-0.3, -0.25) is 29.0 Å². The van der Waals surface area contributed by atoms with Crippen molar-refractivity contribution in [1.82, 2.24) is 69.3 Å². The molecule has 2 fully saturated rings. The summed E-state index contributed by atoms with van der Waals surface area (Å²) in [5, 5.41) is 26.5. The first-order valence-corrected chi connectivity index (χ1v) is 23.3.